The van der Waals surface area contributed by atoms with Crippen LogP contribution in [0.1, 0.15) is 39.6 Å². The first kappa shape index (κ1) is 18.1. The topological polar surface area (TPSA) is 41.6 Å². The van der Waals surface area contributed by atoms with Gasteiger partial charge < -0.3 is 15.0 Å². The number of thiophene rings is 1. The van der Waals surface area contributed by atoms with Crippen molar-refractivity contribution in [3.8, 4) is 0 Å². The van der Waals surface area contributed by atoms with Crippen LogP contribution in [0.15, 0.2) is 41.8 Å². The normalized spacial score (nSPS) is 17.4. The number of methoxy groups -OCH3 is 1. The van der Waals surface area contributed by atoms with E-state index in [1.165, 1.54) is 23.3 Å². The number of rotatable bonds is 7. The molecular formula is C20H26N2O2S. The molecule has 0 saturated carbocycles. The SMILES string of the molecule is COCCN(Cc1cccs1)C(=O)c1cccc([C@H]2CCCNC2)c1. The number of nitrogens with one attached hydrogen (secondary N) is 1. The lowest BCUT2D eigenvalue weighted by atomic mass is 9.90. The highest BCUT2D eigenvalue weighted by Crippen LogP contribution is 2.24. The van der Waals surface area contributed by atoms with Crippen molar-refractivity contribution in [2.75, 3.05) is 33.4 Å². The molecular weight excluding hydrogens is 332 g/mol. The Balaban J connectivity index is 1.75. The zero-order valence-corrected chi connectivity index (χ0v) is 15.6. The van der Waals surface area contributed by atoms with Gasteiger partial charge in [0, 0.05) is 30.6 Å². The van der Waals surface area contributed by atoms with Gasteiger partial charge >= 0.3 is 0 Å². The van der Waals surface area contributed by atoms with E-state index in [0.29, 0.717) is 25.6 Å². The van der Waals surface area contributed by atoms with E-state index in [9.17, 15) is 4.79 Å². The quantitative estimate of drug-likeness (QED) is 0.824. The predicted octanol–water partition coefficient (Wildman–Crippen LogP) is 3.50. The minimum Gasteiger partial charge on any atom is -0.383 e. The van der Waals surface area contributed by atoms with E-state index in [4.69, 9.17) is 4.74 Å². The lowest BCUT2D eigenvalue weighted by molar-refractivity contribution is 0.0682. The lowest BCUT2D eigenvalue weighted by Gasteiger charge is -2.25. The summed E-state index contributed by atoms with van der Waals surface area (Å²) < 4.78 is 5.20. The Bertz CT molecular complexity index is 666. The lowest BCUT2D eigenvalue weighted by Crippen LogP contribution is -2.33. The third-order valence-electron chi connectivity index (χ3n) is 4.68. The van der Waals surface area contributed by atoms with E-state index >= 15 is 0 Å². The number of carbonyl (C=O) groups is 1. The average Bonchev–Trinajstić information content (AvgIpc) is 3.18. The molecule has 0 radical (unpaired) electrons. The molecule has 1 amide bonds. The van der Waals surface area contributed by atoms with Gasteiger partial charge in [-0.1, -0.05) is 18.2 Å². The Kier molecular flexibility index (Phi) is 6.62. The van der Waals surface area contributed by atoms with Crippen molar-refractivity contribution in [3.05, 3.63) is 57.8 Å². The summed E-state index contributed by atoms with van der Waals surface area (Å²) in [5.41, 5.74) is 2.04. The van der Waals surface area contributed by atoms with Crippen LogP contribution >= 0.6 is 11.3 Å². The number of benzene rings is 1. The van der Waals surface area contributed by atoms with E-state index < -0.39 is 0 Å². The molecule has 0 spiro atoms. The fourth-order valence-electron chi connectivity index (χ4n) is 3.29. The van der Waals surface area contributed by atoms with Crippen molar-refractivity contribution in [2.45, 2.75) is 25.3 Å². The molecule has 4 nitrogen and oxygen atoms in total. The van der Waals surface area contributed by atoms with Crippen LogP contribution in [0.3, 0.4) is 0 Å². The Morgan fingerprint density at radius 3 is 3.00 bits per heavy atom. The molecule has 1 N–H and O–H groups in total. The van der Waals surface area contributed by atoms with Crippen LogP contribution in [-0.2, 0) is 11.3 Å². The number of nitrogens with zero attached hydrogens (tertiary/aromatic N) is 1. The van der Waals surface area contributed by atoms with Crippen molar-refractivity contribution in [2.24, 2.45) is 0 Å². The highest BCUT2D eigenvalue weighted by atomic mass is 32.1. The van der Waals surface area contributed by atoms with Crippen LogP contribution in [0, 0.1) is 0 Å². The predicted molar refractivity (Wildman–Crippen MR) is 102 cm³/mol. The Labute approximate surface area is 153 Å². The van der Waals surface area contributed by atoms with E-state index in [1.807, 2.05) is 28.5 Å². The van der Waals surface area contributed by atoms with Crippen molar-refractivity contribution in [1.29, 1.82) is 0 Å². The summed E-state index contributed by atoms with van der Waals surface area (Å²) in [6, 6.07) is 12.3. The first-order valence-electron chi connectivity index (χ1n) is 8.89. The number of hydrogen-bond acceptors (Lipinski definition) is 4. The van der Waals surface area contributed by atoms with Crippen LogP contribution in [0.5, 0.6) is 0 Å². The molecule has 1 atom stereocenters. The van der Waals surface area contributed by atoms with Crippen molar-refractivity contribution in [3.63, 3.8) is 0 Å². The monoisotopic (exact) mass is 358 g/mol. The molecule has 2 aromatic rings. The number of ether oxygens (including phenoxy) is 1. The van der Waals surface area contributed by atoms with Gasteiger partial charge in [0.15, 0.2) is 0 Å². The molecule has 0 bridgehead atoms. The van der Waals surface area contributed by atoms with Gasteiger partial charge in [-0.25, -0.2) is 0 Å². The summed E-state index contributed by atoms with van der Waals surface area (Å²) in [5, 5.41) is 5.50. The number of piperidine rings is 1. The van der Waals surface area contributed by atoms with Crippen molar-refractivity contribution < 1.29 is 9.53 Å². The van der Waals surface area contributed by atoms with Crippen LogP contribution in [0.2, 0.25) is 0 Å². The molecule has 1 aromatic heterocycles. The van der Waals surface area contributed by atoms with Gasteiger partial charge in [-0.3, -0.25) is 4.79 Å². The fourth-order valence-corrected chi connectivity index (χ4v) is 4.01. The van der Waals surface area contributed by atoms with Gasteiger partial charge in [0.2, 0.25) is 0 Å². The van der Waals surface area contributed by atoms with E-state index in [-0.39, 0.29) is 5.91 Å². The summed E-state index contributed by atoms with van der Waals surface area (Å²) in [4.78, 5) is 16.1. The van der Waals surface area contributed by atoms with Crippen molar-refractivity contribution >= 4 is 17.2 Å². The maximum atomic E-state index is 13.1. The summed E-state index contributed by atoms with van der Waals surface area (Å²) >= 11 is 1.68. The smallest absolute Gasteiger partial charge is 0.254 e. The summed E-state index contributed by atoms with van der Waals surface area (Å²) in [6.07, 6.45) is 2.38. The third kappa shape index (κ3) is 4.91. The number of carbonyl (C=O) groups excluding carboxylic acids is 1. The molecule has 1 aliphatic rings. The van der Waals surface area contributed by atoms with Gasteiger partial charge in [-0.15, -0.1) is 11.3 Å². The van der Waals surface area contributed by atoms with Crippen LogP contribution in [0.25, 0.3) is 0 Å². The van der Waals surface area contributed by atoms with Crippen molar-refractivity contribution in [1.82, 2.24) is 10.2 Å². The molecule has 0 aliphatic carbocycles. The van der Waals surface area contributed by atoms with Crippen LogP contribution in [-0.4, -0.2) is 44.2 Å². The van der Waals surface area contributed by atoms with Gasteiger partial charge in [0.1, 0.15) is 0 Å². The molecule has 2 heterocycles. The highest BCUT2D eigenvalue weighted by molar-refractivity contribution is 7.09. The molecule has 5 heteroatoms. The summed E-state index contributed by atoms with van der Waals surface area (Å²) in [7, 11) is 1.67. The summed E-state index contributed by atoms with van der Waals surface area (Å²) in [6.45, 7) is 3.88. The minimum absolute atomic E-state index is 0.0797. The number of hydrogen-bond donors (Lipinski definition) is 1. The first-order valence-corrected chi connectivity index (χ1v) is 9.77. The molecule has 1 fully saturated rings. The first-order chi connectivity index (χ1) is 12.3. The highest BCUT2D eigenvalue weighted by Gasteiger charge is 2.20. The molecule has 3 rings (SSSR count). The van der Waals surface area contributed by atoms with E-state index in [0.717, 1.165) is 18.7 Å². The van der Waals surface area contributed by atoms with Gasteiger partial charge in [-0.2, -0.15) is 0 Å². The second-order valence-corrected chi connectivity index (χ2v) is 7.50. The maximum Gasteiger partial charge on any atom is 0.254 e. The molecule has 134 valence electrons. The molecule has 1 aliphatic heterocycles. The largest absolute Gasteiger partial charge is 0.383 e. The van der Waals surface area contributed by atoms with Gasteiger partial charge in [0.05, 0.1) is 13.2 Å². The molecule has 25 heavy (non-hydrogen) atoms. The molecule has 1 saturated heterocycles. The zero-order chi connectivity index (χ0) is 17.5. The Morgan fingerprint density at radius 2 is 2.28 bits per heavy atom. The average molecular weight is 359 g/mol. The third-order valence-corrected chi connectivity index (χ3v) is 5.54. The molecule has 1 aromatic carbocycles. The molecule has 0 unspecified atom stereocenters. The number of amides is 1. The second kappa shape index (κ2) is 9.13. The Morgan fingerprint density at radius 1 is 1.36 bits per heavy atom. The maximum absolute atomic E-state index is 13.1. The van der Waals surface area contributed by atoms with Gasteiger partial charge in [-0.05, 0) is 54.4 Å². The van der Waals surface area contributed by atoms with E-state index in [2.05, 4.69) is 23.5 Å². The zero-order valence-electron chi connectivity index (χ0n) is 14.7. The Hall–Kier alpha value is -1.69. The summed E-state index contributed by atoms with van der Waals surface area (Å²) in [5.74, 6) is 0.585. The second-order valence-electron chi connectivity index (χ2n) is 6.47. The van der Waals surface area contributed by atoms with Crippen LogP contribution < -0.4 is 5.32 Å². The minimum atomic E-state index is 0.0797. The van der Waals surface area contributed by atoms with Crippen LogP contribution in [0.4, 0.5) is 0 Å². The van der Waals surface area contributed by atoms with E-state index in [1.54, 1.807) is 18.4 Å². The fraction of sp³-hybridized carbons (Fsp3) is 0.450. The van der Waals surface area contributed by atoms with Gasteiger partial charge in [0.25, 0.3) is 5.91 Å². The standard InChI is InChI=1S/C20H26N2O2S/c1-24-11-10-22(15-19-8-4-12-25-19)20(23)17-6-2-5-16(13-17)18-7-3-9-21-14-18/h2,4-6,8,12-13,18,21H,3,7,9-11,14-15H2,1H3/t18-/m0/s1.